The van der Waals surface area contributed by atoms with Crippen LogP contribution in [0.5, 0.6) is 5.75 Å². The number of anilines is 1. The van der Waals surface area contributed by atoms with Gasteiger partial charge in [0.05, 0.1) is 28.8 Å². The normalized spacial score (nSPS) is 10.4. The highest BCUT2D eigenvalue weighted by Gasteiger charge is 2.15. The van der Waals surface area contributed by atoms with Crippen molar-refractivity contribution in [3.05, 3.63) is 57.6 Å². The number of rotatable bonds is 5. The fourth-order valence-corrected chi connectivity index (χ4v) is 2.85. The molecule has 2 aromatic carbocycles. The van der Waals surface area contributed by atoms with Gasteiger partial charge in [0.2, 0.25) is 0 Å². The number of nitrogens with one attached hydrogen (secondary N) is 2. The molecule has 1 amide bonds. The zero-order valence-corrected chi connectivity index (χ0v) is 17.7. The van der Waals surface area contributed by atoms with Gasteiger partial charge in [-0.1, -0.05) is 23.2 Å². The number of benzene rings is 2. The van der Waals surface area contributed by atoms with Crippen molar-refractivity contribution in [3.8, 4) is 5.75 Å². The number of carbonyl (C=O) groups excluding carboxylic acids is 2. The van der Waals surface area contributed by atoms with Crippen molar-refractivity contribution in [2.24, 2.45) is 0 Å². The predicted octanol–water partition coefficient (Wildman–Crippen LogP) is 4.69. The molecular weight excluding hydrogens is 423 g/mol. The number of methoxy groups -OCH3 is 1. The Morgan fingerprint density at radius 2 is 1.79 bits per heavy atom. The molecule has 2 aromatic rings. The van der Waals surface area contributed by atoms with Gasteiger partial charge in [-0.2, -0.15) is 0 Å². The Hall–Kier alpha value is -2.35. The van der Waals surface area contributed by atoms with Crippen molar-refractivity contribution in [1.82, 2.24) is 5.32 Å². The fraction of sp³-hybridized carbons (Fsp3) is 0.211. The Balaban J connectivity index is 2.07. The van der Waals surface area contributed by atoms with Crippen LogP contribution in [0.25, 0.3) is 0 Å². The molecule has 2 N–H and O–H groups in total. The summed E-state index contributed by atoms with van der Waals surface area (Å²) in [4.78, 5) is 24.4. The quantitative estimate of drug-likeness (QED) is 0.518. The monoisotopic (exact) mass is 440 g/mol. The standard InChI is InChI=1S/C19H18Cl2N2O4S/c1-10(2)27-18(25)13-9-12(5-6-14(13)20)22-19(28)23-17(24)11-4-7-16(26-3)15(21)8-11/h4-10H,1-3H3,(H2,22,23,24,28). The molecule has 0 spiro atoms. The van der Waals surface area contributed by atoms with Gasteiger partial charge >= 0.3 is 5.97 Å². The SMILES string of the molecule is COc1ccc(C(=O)NC(=S)Nc2ccc(Cl)c(C(=O)OC(C)C)c2)cc1Cl. The van der Waals surface area contributed by atoms with Crippen LogP contribution >= 0.6 is 35.4 Å². The van der Waals surface area contributed by atoms with Crippen LogP contribution in [0.3, 0.4) is 0 Å². The molecule has 0 radical (unpaired) electrons. The molecule has 0 aromatic heterocycles. The summed E-state index contributed by atoms with van der Waals surface area (Å²) in [7, 11) is 1.48. The molecule has 148 valence electrons. The average Bonchev–Trinajstić information content (AvgIpc) is 2.62. The molecule has 0 aliphatic rings. The van der Waals surface area contributed by atoms with Crippen LogP contribution in [-0.4, -0.2) is 30.2 Å². The molecule has 0 unspecified atom stereocenters. The van der Waals surface area contributed by atoms with Gasteiger partial charge in [0.1, 0.15) is 5.75 Å². The lowest BCUT2D eigenvalue weighted by Crippen LogP contribution is -2.34. The molecule has 0 bridgehead atoms. The van der Waals surface area contributed by atoms with Crippen molar-refractivity contribution in [1.29, 1.82) is 0 Å². The Bertz CT molecular complexity index is 919. The highest BCUT2D eigenvalue weighted by Crippen LogP contribution is 2.25. The highest BCUT2D eigenvalue weighted by atomic mass is 35.5. The van der Waals surface area contributed by atoms with Crippen LogP contribution in [0.1, 0.15) is 34.6 Å². The minimum Gasteiger partial charge on any atom is -0.495 e. The number of hydrogen-bond donors (Lipinski definition) is 2. The molecule has 0 saturated carbocycles. The van der Waals surface area contributed by atoms with E-state index in [-0.39, 0.29) is 21.8 Å². The second kappa shape index (κ2) is 9.73. The summed E-state index contributed by atoms with van der Waals surface area (Å²) in [6.45, 7) is 3.48. The zero-order valence-electron chi connectivity index (χ0n) is 15.3. The lowest BCUT2D eigenvalue weighted by molar-refractivity contribution is 0.0378. The largest absolute Gasteiger partial charge is 0.495 e. The van der Waals surface area contributed by atoms with Gasteiger partial charge < -0.3 is 14.8 Å². The van der Waals surface area contributed by atoms with Crippen molar-refractivity contribution in [3.63, 3.8) is 0 Å². The molecule has 28 heavy (non-hydrogen) atoms. The van der Waals surface area contributed by atoms with Crippen LogP contribution in [0.2, 0.25) is 10.0 Å². The second-order valence-electron chi connectivity index (χ2n) is 5.91. The van der Waals surface area contributed by atoms with E-state index in [1.165, 1.54) is 25.3 Å². The number of amides is 1. The molecule has 0 atom stereocenters. The lowest BCUT2D eigenvalue weighted by Gasteiger charge is -2.13. The summed E-state index contributed by atoms with van der Waals surface area (Å²) >= 11 is 17.2. The van der Waals surface area contributed by atoms with Crippen LogP contribution in [0.4, 0.5) is 5.69 Å². The van der Waals surface area contributed by atoms with Gasteiger partial charge in [0.25, 0.3) is 5.91 Å². The average molecular weight is 441 g/mol. The Morgan fingerprint density at radius 1 is 1.07 bits per heavy atom. The van der Waals surface area contributed by atoms with E-state index in [1.54, 1.807) is 32.0 Å². The first kappa shape index (κ1) is 21.9. The van der Waals surface area contributed by atoms with Gasteiger partial charge in [0.15, 0.2) is 5.11 Å². The summed E-state index contributed by atoms with van der Waals surface area (Å²) < 4.78 is 10.2. The van der Waals surface area contributed by atoms with Gasteiger partial charge in [-0.05, 0) is 62.5 Å². The van der Waals surface area contributed by atoms with E-state index < -0.39 is 11.9 Å². The topological polar surface area (TPSA) is 76.7 Å². The number of thiocarbonyl (C=S) groups is 1. The minimum absolute atomic E-state index is 0.0439. The Morgan fingerprint density at radius 3 is 2.39 bits per heavy atom. The molecule has 0 fully saturated rings. The number of halogens is 2. The van der Waals surface area contributed by atoms with Gasteiger partial charge in [-0.15, -0.1) is 0 Å². The highest BCUT2D eigenvalue weighted by molar-refractivity contribution is 7.80. The minimum atomic E-state index is -0.550. The number of esters is 1. The third-order valence-electron chi connectivity index (χ3n) is 3.43. The van der Waals surface area contributed by atoms with Crippen molar-refractivity contribution < 1.29 is 19.1 Å². The number of hydrogen-bond acceptors (Lipinski definition) is 5. The van der Waals surface area contributed by atoms with Gasteiger partial charge in [-0.3, -0.25) is 10.1 Å². The third-order valence-corrected chi connectivity index (χ3v) is 4.26. The van der Waals surface area contributed by atoms with E-state index in [2.05, 4.69) is 10.6 Å². The first-order valence-electron chi connectivity index (χ1n) is 8.17. The smallest absolute Gasteiger partial charge is 0.339 e. The molecule has 0 heterocycles. The van der Waals surface area contributed by atoms with Crippen LogP contribution in [-0.2, 0) is 4.74 Å². The van der Waals surface area contributed by atoms with E-state index in [0.29, 0.717) is 22.0 Å². The molecule has 0 saturated heterocycles. The summed E-state index contributed by atoms with van der Waals surface area (Å²) in [6.07, 6.45) is -0.281. The maximum atomic E-state index is 12.3. The second-order valence-corrected chi connectivity index (χ2v) is 7.13. The van der Waals surface area contributed by atoms with E-state index in [0.717, 1.165) is 0 Å². The van der Waals surface area contributed by atoms with Crippen molar-refractivity contribution >= 4 is 58.1 Å². The van der Waals surface area contributed by atoms with Crippen molar-refractivity contribution in [2.45, 2.75) is 20.0 Å². The van der Waals surface area contributed by atoms with Gasteiger partial charge in [0, 0.05) is 11.3 Å². The molecule has 2 rings (SSSR count). The zero-order chi connectivity index (χ0) is 20.8. The first-order chi connectivity index (χ1) is 13.2. The Kier molecular flexibility index (Phi) is 7.62. The van der Waals surface area contributed by atoms with Crippen LogP contribution in [0.15, 0.2) is 36.4 Å². The first-order valence-corrected chi connectivity index (χ1v) is 9.34. The maximum absolute atomic E-state index is 12.3. The molecule has 6 nitrogen and oxygen atoms in total. The van der Waals surface area contributed by atoms with Gasteiger partial charge in [-0.25, -0.2) is 4.79 Å². The predicted molar refractivity (Wildman–Crippen MR) is 114 cm³/mol. The van der Waals surface area contributed by atoms with E-state index >= 15 is 0 Å². The molecule has 0 aliphatic heterocycles. The van der Waals surface area contributed by atoms with Crippen LogP contribution < -0.4 is 15.4 Å². The molecule has 9 heteroatoms. The van der Waals surface area contributed by atoms with Crippen molar-refractivity contribution in [2.75, 3.05) is 12.4 Å². The van der Waals surface area contributed by atoms with E-state index in [9.17, 15) is 9.59 Å². The third kappa shape index (κ3) is 5.82. The number of ether oxygens (including phenoxy) is 2. The summed E-state index contributed by atoms with van der Waals surface area (Å²) in [5.74, 6) is -0.539. The summed E-state index contributed by atoms with van der Waals surface area (Å²) in [5.41, 5.74) is 0.974. The number of carbonyl (C=O) groups is 2. The Labute approximate surface area is 178 Å². The van der Waals surface area contributed by atoms with Crippen LogP contribution in [0, 0.1) is 0 Å². The molecule has 0 aliphatic carbocycles. The summed E-state index contributed by atoms with van der Waals surface area (Å²) in [5, 5.41) is 5.97. The van der Waals surface area contributed by atoms with E-state index in [4.69, 9.17) is 44.9 Å². The maximum Gasteiger partial charge on any atom is 0.339 e. The van der Waals surface area contributed by atoms with E-state index in [1.807, 2.05) is 0 Å². The lowest BCUT2D eigenvalue weighted by atomic mass is 10.2. The molecular formula is C19H18Cl2N2O4S. The summed E-state index contributed by atoms with van der Waals surface area (Å²) in [6, 6.07) is 9.27. The fourth-order valence-electron chi connectivity index (χ4n) is 2.18.